The molecule has 0 N–H and O–H groups in total. The summed E-state index contributed by atoms with van der Waals surface area (Å²) >= 11 is -2.63. The van der Waals surface area contributed by atoms with E-state index < -0.39 is 17.7 Å². The van der Waals surface area contributed by atoms with E-state index in [1.54, 1.807) is 0 Å². The van der Waals surface area contributed by atoms with Crippen molar-refractivity contribution in [3.63, 3.8) is 0 Å². The van der Waals surface area contributed by atoms with Gasteiger partial charge >= 0.3 is 99.9 Å². The fourth-order valence-corrected chi connectivity index (χ4v) is 7.55. The van der Waals surface area contributed by atoms with Gasteiger partial charge in [0.05, 0.1) is 0 Å². The Morgan fingerprint density at radius 2 is 1.27 bits per heavy atom. The van der Waals surface area contributed by atoms with Crippen LogP contribution in [0.15, 0.2) is 0 Å². The van der Waals surface area contributed by atoms with Gasteiger partial charge in [-0.2, -0.15) is 0 Å². The third-order valence-electron chi connectivity index (χ3n) is 2.54. The first-order chi connectivity index (χ1) is 6.89. The summed E-state index contributed by atoms with van der Waals surface area (Å²) in [5.74, 6) is 0. The Balaban J connectivity index is 4.65. The second-order valence-corrected chi connectivity index (χ2v) is 10.9. The number of hydrogen-bond acceptors (Lipinski definition) is 4. The number of nitrogens with zero attached hydrogens (tertiary/aromatic N) is 3. The molecule has 0 aliphatic heterocycles. The molecule has 0 radical (unpaired) electrons. The summed E-state index contributed by atoms with van der Waals surface area (Å²) in [5, 5.41) is 0. The maximum atomic E-state index is 6.22. The van der Waals surface area contributed by atoms with Crippen LogP contribution in [0.5, 0.6) is 0 Å². The summed E-state index contributed by atoms with van der Waals surface area (Å²) in [6, 6.07) is 0. The molecule has 0 heterocycles. The van der Waals surface area contributed by atoms with Crippen LogP contribution in [0, 0.1) is 0 Å². The zero-order valence-corrected chi connectivity index (χ0v) is 12.9. The zero-order valence-electron chi connectivity index (χ0n) is 11.4. The third-order valence-corrected chi connectivity index (χ3v) is 8.92. The van der Waals surface area contributed by atoms with E-state index in [1.807, 2.05) is 0 Å². The van der Waals surface area contributed by atoms with Gasteiger partial charge < -0.3 is 0 Å². The van der Waals surface area contributed by atoms with E-state index in [2.05, 4.69) is 59.4 Å². The molecule has 0 aliphatic carbocycles. The van der Waals surface area contributed by atoms with Gasteiger partial charge in [-0.25, -0.2) is 0 Å². The standard InChI is InChI=1S/C4H9O.3C2H6N.Ti/c1-2-3-4-5;3*1-3-2;/h2-4H2,1H3;3*1-2H3;/q4*-1;+4. The number of hydrogen-bond donors (Lipinski definition) is 0. The molecule has 0 atom stereocenters. The van der Waals surface area contributed by atoms with E-state index in [4.69, 9.17) is 3.32 Å². The summed E-state index contributed by atoms with van der Waals surface area (Å²) in [7, 11) is 12.7. The van der Waals surface area contributed by atoms with Crippen LogP contribution in [-0.2, 0) is 21.1 Å². The molecule has 0 aromatic heterocycles. The first-order valence-corrected chi connectivity index (χ1v) is 8.29. The summed E-state index contributed by atoms with van der Waals surface area (Å²) < 4.78 is 13.0. The van der Waals surface area contributed by atoms with E-state index in [0.29, 0.717) is 0 Å². The van der Waals surface area contributed by atoms with Gasteiger partial charge in [0, 0.05) is 0 Å². The van der Waals surface area contributed by atoms with Gasteiger partial charge in [-0.3, -0.25) is 0 Å². The van der Waals surface area contributed by atoms with Crippen LogP contribution in [0.4, 0.5) is 0 Å². The van der Waals surface area contributed by atoms with Crippen LogP contribution in [0.2, 0.25) is 0 Å². The van der Waals surface area contributed by atoms with E-state index in [-0.39, 0.29) is 0 Å². The Hall–Kier alpha value is 0.554. The molecular formula is C10H27N3OTi. The van der Waals surface area contributed by atoms with Gasteiger partial charge in [-0.05, 0) is 0 Å². The predicted molar refractivity (Wildman–Crippen MR) is 61.9 cm³/mol. The van der Waals surface area contributed by atoms with E-state index in [9.17, 15) is 0 Å². The average Bonchev–Trinajstić information content (AvgIpc) is 2.10. The second kappa shape index (κ2) is 6.99. The van der Waals surface area contributed by atoms with Gasteiger partial charge in [0.15, 0.2) is 0 Å². The monoisotopic (exact) mass is 253 g/mol. The van der Waals surface area contributed by atoms with Crippen LogP contribution >= 0.6 is 0 Å². The van der Waals surface area contributed by atoms with E-state index in [0.717, 1.165) is 13.0 Å². The molecule has 5 heteroatoms. The molecule has 0 rings (SSSR count). The third kappa shape index (κ3) is 3.80. The SMILES string of the molecule is CCCC[O][Ti]([N](C)C)([N](C)C)[N](C)C. The second-order valence-electron chi connectivity index (χ2n) is 4.46. The Morgan fingerprint density at radius 3 is 1.53 bits per heavy atom. The van der Waals surface area contributed by atoms with Gasteiger partial charge in [0.25, 0.3) is 0 Å². The Labute approximate surface area is 99.9 Å². The van der Waals surface area contributed by atoms with Gasteiger partial charge in [0.1, 0.15) is 0 Å². The van der Waals surface area contributed by atoms with Crippen LogP contribution in [0.25, 0.3) is 0 Å². The van der Waals surface area contributed by atoms with Gasteiger partial charge in [-0.15, -0.1) is 0 Å². The number of unbranched alkanes of at least 4 members (excludes halogenated alkanes) is 1. The van der Waals surface area contributed by atoms with Crippen molar-refractivity contribution >= 4 is 0 Å². The fraction of sp³-hybridized carbons (Fsp3) is 1.00. The zero-order chi connectivity index (χ0) is 12.1. The molecule has 4 nitrogen and oxygen atoms in total. The van der Waals surface area contributed by atoms with Gasteiger partial charge in [0.2, 0.25) is 0 Å². The van der Waals surface area contributed by atoms with Crippen molar-refractivity contribution in [2.45, 2.75) is 19.8 Å². The Kier molecular flexibility index (Phi) is 7.25. The maximum absolute atomic E-state index is 6.22. The summed E-state index contributed by atoms with van der Waals surface area (Å²) in [6.07, 6.45) is 2.33. The minimum atomic E-state index is -2.63. The van der Waals surface area contributed by atoms with Crippen LogP contribution in [0.1, 0.15) is 19.8 Å². The van der Waals surface area contributed by atoms with Crippen molar-refractivity contribution in [2.24, 2.45) is 0 Å². The molecule has 0 unspecified atom stereocenters. The molecule has 0 amide bonds. The molecule has 0 saturated carbocycles. The molecule has 0 spiro atoms. The van der Waals surface area contributed by atoms with Crippen molar-refractivity contribution in [1.82, 2.24) is 10.1 Å². The van der Waals surface area contributed by atoms with Crippen LogP contribution < -0.4 is 0 Å². The average molecular weight is 253 g/mol. The Morgan fingerprint density at radius 1 is 0.867 bits per heavy atom. The van der Waals surface area contributed by atoms with E-state index >= 15 is 0 Å². The minimum absolute atomic E-state index is 0.866. The first-order valence-electron chi connectivity index (χ1n) is 5.55. The summed E-state index contributed by atoms with van der Waals surface area (Å²) in [5.41, 5.74) is 0. The quantitative estimate of drug-likeness (QED) is 0.503. The molecule has 0 aromatic carbocycles. The van der Waals surface area contributed by atoms with Gasteiger partial charge in [-0.1, -0.05) is 0 Å². The van der Waals surface area contributed by atoms with Crippen LogP contribution in [-0.4, -0.2) is 59.0 Å². The van der Waals surface area contributed by atoms with Crippen molar-refractivity contribution < 1.29 is 21.1 Å². The molecule has 0 saturated heterocycles. The van der Waals surface area contributed by atoms with Crippen molar-refractivity contribution in [3.05, 3.63) is 0 Å². The molecule has 0 aliphatic rings. The molecule has 0 bridgehead atoms. The normalized spacial score (nSPS) is 13.2. The molecular weight excluding hydrogens is 226 g/mol. The molecule has 15 heavy (non-hydrogen) atoms. The predicted octanol–water partition coefficient (Wildman–Crippen LogP) is 1.30. The van der Waals surface area contributed by atoms with Crippen LogP contribution in [0.3, 0.4) is 0 Å². The molecule has 92 valence electrons. The number of rotatable bonds is 7. The van der Waals surface area contributed by atoms with E-state index in [1.165, 1.54) is 6.42 Å². The fourth-order valence-electron chi connectivity index (χ4n) is 1.94. The van der Waals surface area contributed by atoms with Crippen molar-refractivity contribution in [3.8, 4) is 0 Å². The summed E-state index contributed by atoms with van der Waals surface area (Å²) in [4.78, 5) is 0. The molecule has 0 aromatic rings. The first kappa shape index (κ1) is 15.6. The Bertz CT molecular complexity index is 152. The summed E-state index contributed by atoms with van der Waals surface area (Å²) in [6.45, 7) is 3.06. The molecule has 0 fully saturated rings. The van der Waals surface area contributed by atoms with Crippen molar-refractivity contribution in [1.29, 1.82) is 0 Å². The van der Waals surface area contributed by atoms with Crippen molar-refractivity contribution in [2.75, 3.05) is 48.9 Å². The topological polar surface area (TPSA) is 19.0 Å².